The Morgan fingerprint density at radius 3 is 2.76 bits per heavy atom. The van der Waals surface area contributed by atoms with E-state index in [1.165, 1.54) is 10.9 Å². The number of ether oxygens (including phenoxy) is 1. The van der Waals surface area contributed by atoms with Gasteiger partial charge in [0.15, 0.2) is 0 Å². The number of fused-ring (bicyclic) bond motifs is 1. The normalized spacial score (nSPS) is 15.9. The highest BCUT2D eigenvalue weighted by Crippen LogP contribution is 2.27. The number of hydrogen-bond acceptors (Lipinski definition) is 5. The molecule has 132 valence electrons. The summed E-state index contributed by atoms with van der Waals surface area (Å²) >= 11 is 0. The SMILES string of the molecule is CCCc1nnc(-c2cc3ccccc3n2CCN2CCOCC2)o1. The van der Waals surface area contributed by atoms with Crippen LogP contribution < -0.4 is 0 Å². The molecule has 1 saturated heterocycles. The van der Waals surface area contributed by atoms with Crippen LogP contribution in [0.15, 0.2) is 34.7 Å². The van der Waals surface area contributed by atoms with Gasteiger partial charge in [0.2, 0.25) is 5.89 Å². The topological polar surface area (TPSA) is 56.3 Å². The van der Waals surface area contributed by atoms with Crippen molar-refractivity contribution in [3.8, 4) is 11.6 Å². The van der Waals surface area contributed by atoms with E-state index in [9.17, 15) is 0 Å². The smallest absolute Gasteiger partial charge is 0.264 e. The zero-order valence-electron chi connectivity index (χ0n) is 14.6. The second kappa shape index (κ2) is 7.37. The molecule has 1 aromatic carbocycles. The summed E-state index contributed by atoms with van der Waals surface area (Å²) in [7, 11) is 0. The van der Waals surface area contributed by atoms with Crippen LogP contribution in [0.3, 0.4) is 0 Å². The number of benzene rings is 1. The number of aromatic nitrogens is 3. The fourth-order valence-electron chi connectivity index (χ4n) is 3.37. The molecule has 3 heterocycles. The van der Waals surface area contributed by atoms with Crippen molar-refractivity contribution in [3.63, 3.8) is 0 Å². The average Bonchev–Trinajstić information content (AvgIpc) is 3.25. The van der Waals surface area contributed by atoms with Crippen LogP contribution in [0.25, 0.3) is 22.5 Å². The first-order chi connectivity index (χ1) is 12.3. The number of nitrogens with zero attached hydrogens (tertiary/aromatic N) is 4. The second-order valence-electron chi connectivity index (χ2n) is 6.44. The van der Waals surface area contributed by atoms with Gasteiger partial charge in [-0.05, 0) is 18.6 Å². The third kappa shape index (κ3) is 3.45. The van der Waals surface area contributed by atoms with Gasteiger partial charge in [-0.15, -0.1) is 10.2 Å². The van der Waals surface area contributed by atoms with Gasteiger partial charge in [-0.2, -0.15) is 0 Å². The van der Waals surface area contributed by atoms with Gasteiger partial charge in [0.25, 0.3) is 5.89 Å². The highest BCUT2D eigenvalue weighted by molar-refractivity contribution is 5.85. The third-order valence-electron chi connectivity index (χ3n) is 4.70. The van der Waals surface area contributed by atoms with Crippen molar-refractivity contribution < 1.29 is 9.15 Å². The summed E-state index contributed by atoms with van der Waals surface area (Å²) in [5.41, 5.74) is 2.21. The van der Waals surface area contributed by atoms with Crippen LogP contribution in [-0.4, -0.2) is 52.5 Å². The van der Waals surface area contributed by atoms with Gasteiger partial charge in [-0.1, -0.05) is 25.1 Å². The molecule has 6 nitrogen and oxygen atoms in total. The minimum atomic E-state index is 0.613. The van der Waals surface area contributed by atoms with Crippen molar-refractivity contribution in [2.24, 2.45) is 0 Å². The van der Waals surface area contributed by atoms with Crippen LogP contribution >= 0.6 is 0 Å². The van der Waals surface area contributed by atoms with Gasteiger partial charge in [0.05, 0.1) is 13.2 Å². The molecule has 0 unspecified atom stereocenters. The predicted molar refractivity (Wildman–Crippen MR) is 96.5 cm³/mol. The molecule has 2 aromatic heterocycles. The Balaban J connectivity index is 1.64. The van der Waals surface area contributed by atoms with E-state index in [2.05, 4.69) is 56.9 Å². The Hall–Kier alpha value is -2.18. The van der Waals surface area contributed by atoms with Crippen LogP contribution in [-0.2, 0) is 17.7 Å². The summed E-state index contributed by atoms with van der Waals surface area (Å²) < 4.78 is 13.6. The summed E-state index contributed by atoms with van der Waals surface area (Å²) in [5, 5.41) is 9.67. The minimum Gasteiger partial charge on any atom is -0.419 e. The molecule has 0 bridgehead atoms. The quantitative estimate of drug-likeness (QED) is 0.690. The van der Waals surface area contributed by atoms with Crippen molar-refractivity contribution in [3.05, 3.63) is 36.2 Å². The van der Waals surface area contributed by atoms with E-state index in [-0.39, 0.29) is 0 Å². The molecule has 0 radical (unpaired) electrons. The van der Waals surface area contributed by atoms with Crippen molar-refractivity contribution in [2.45, 2.75) is 26.3 Å². The first-order valence-corrected chi connectivity index (χ1v) is 9.06. The highest BCUT2D eigenvalue weighted by Gasteiger charge is 2.17. The average molecular weight is 340 g/mol. The lowest BCUT2D eigenvalue weighted by Crippen LogP contribution is -2.38. The lowest BCUT2D eigenvalue weighted by Gasteiger charge is -2.27. The Kier molecular flexibility index (Phi) is 4.81. The fraction of sp³-hybridized carbons (Fsp3) is 0.474. The number of rotatable bonds is 6. The first kappa shape index (κ1) is 16.3. The fourth-order valence-corrected chi connectivity index (χ4v) is 3.37. The van der Waals surface area contributed by atoms with E-state index >= 15 is 0 Å². The Labute approximate surface area is 147 Å². The molecular weight excluding hydrogens is 316 g/mol. The molecule has 4 rings (SSSR count). The maximum Gasteiger partial charge on any atom is 0.264 e. The Morgan fingerprint density at radius 2 is 1.92 bits per heavy atom. The van der Waals surface area contributed by atoms with Gasteiger partial charge < -0.3 is 13.7 Å². The third-order valence-corrected chi connectivity index (χ3v) is 4.70. The Bertz CT molecular complexity index is 833. The zero-order chi connectivity index (χ0) is 17.1. The maximum atomic E-state index is 5.90. The van der Waals surface area contributed by atoms with E-state index in [1.807, 2.05) is 0 Å². The molecule has 0 amide bonds. The standard InChI is InChI=1S/C19H24N4O2/c1-2-5-18-20-21-19(25-18)17-14-15-6-3-4-7-16(15)23(17)9-8-22-10-12-24-13-11-22/h3-4,6-7,14H,2,5,8-13H2,1H3. The van der Waals surface area contributed by atoms with Crippen molar-refractivity contribution in [2.75, 3.05) is 32.8 Å². The molecule has 1 aliphatic rings. The van der Waals surface area contributed by atoms with Crippen molar-refractivity contribution >= 4 is 10.9 Å². The molecule has 0 N–H and O–H groups in total. The van der Waals surface area contributed by atoms with Gasteiger partial charge >= 0.3 is 0 Å². The van der Waals surface area contributed by atoms with E-state index in [4.69, 9.17) is 9.15 Å². The summed E-state index contributed by atoms with van der Waals surface area (Å²) in [5.74, 6) is 1.32. The van der Waals surface area contributed by atoms with Crippen LogP contribution in [0.2, 0.25) is 0 Å². The summed E-state index contributed by atoms with van der Waals surface area (Å²) in [6.07, 6.45) is 1.82. The number of morpholine rings is 1. The highest BCUT2D eigenvalue weighted by atomic mass is 16.5. The maximum absolute atomic E-state index is 5.90. The van der Waals surface area contributed by atoms with E-state index in [1.54, 1.807) is 0 Å². The van der Waals surface area contributed by atoms with E-state index in [0.29, 0.717) is 11.8 Å². The number of aryl methyl sites for hydroxylation is 1. The zero-order valence-corrected chi connectivity index (χ0v) is 14.6. The molecule has 3 aromatic rings. The summed E-state index contributed by atoms with van der Waals surface area (Å²) in [4.78, 5) is 2.44. The second-order valence-corrected chi connectivity index (χ2v) is 6.44. The molecule has 0 aliphatic carbocycles. The Morgan fingerprint density at radius 1 is 1.08 bits per heavy atom. The molecule has 6 heteroatoms. The monoisotopic (exact) mass is 340 g/mol. The number of hydrogen-bond donors (Lipinski definition) is 0. The number of para-hydroxylation sites is 1. The first-order valence-electron chi connectivity index (χ1n) is 9.06. The van der Waals surface area contributed by atoms with E-state index in [0.717, 1.165) is 57.9 Å². The van der Waals surface area contributed by atoms with Crippen LogP contribution in [0.4, 0.5) is 0 Å². The molecule has 1 aliphatic heterocycles. The van der Waals surface area contributed by atoms with Crippen LogP contribution in [0.1, 0.15) is 19.2 Å². The van der Waals surface area contributed by atoms with E-state index < -0.39 is 0 Å². The van der Waals surface area contributed by atoms with Crippen molar-refractivity contribution in [1.29, 1.82) is 0 Å². The predicted octanol–water partition coefficient (Wildman–Crippen LogP) is 2.98. The lowest BCUT2D eigenvalue weighted by molar-refractivity contribution is 0.0366. The van der Waals surface area contributed by atoms with Gasteiger partial charge in [0, 0.05) is 43.5 Å². The molecule has 1 fully saturated rings. The molecule has 0 saturated carbocycles. The summed E-state index contributed by atoms with van der Waals surface area (Å²) in [6, 6.07) is 10.6. The summed E-state index contributed by atoms with van der Waals surface area (Å²) in [6.45, 7) is 7.64. The largest absolute Gasteiger partial charge is 0.419 e. The van der Waals surface area contributed by atoms with Crippen LogP contribution in [0, 0.1) is 0 Å². The molecule has 25 heavy (non-hydrogen) atoms. The van der Waals surface area contributed by atoms with Crippen LogP contribution in [0.5, 0.6) is 0 Å². The van der Waals surface area contributed by atoms with Gasteiger partial charge in [-0.3, -0.25) is 4.90 Å². The van der Waals surface area contributed by atoms with Gasteiger partial charge in [0.1, 0.15) is 5.69 Å². The molecule has 0 atom stereocenters. The van der Waals surface area contributed by atoms with Crippen molar-refractivity contribution in [1.82, 2.24) is 19.7 Å². The lowest BCUT2D eigenvalue weighted by atomic mass is 10.2. The van der Waals surface area contributed by atoms with Gasteiger partial charge in [-0.25, -0.2) is 0 Å². The molecular formula is C19H24N4O2. The minimum absolute atomic E-state index is 0.613. The molecule has 0 spiro atoms.